The molecule has 1 amide bonds. The minimum Gasteiger partial charge on any atom is -0.497 e. The van der Waals surface area contributed by atoms with Crippen LogP contribution in [0, 0.1) is 12.7 Å². The average Bonchev–Trinajstić information content (AvgIpc) is 3.33. The van der Waals surface area contributed by atoms with Gasteiger partial charge in [-0.05, 0) is 49.1 Å². The van der Waals surface area contributed by atoms with Gasteiger partial charge in [0.1, 0.15) is 11.6 Å². The van der Waals surface area contributed by atoms with Crippen LogP contribution in [-0.2, 0) is 21.4 Å². The van der Waals surface area contributed by atoms with Gasteiger partial charge in [0.2, 0.25) is 17.6 Å². The van der Waals surface area contributed by atoms with E-state index in [1.54, 1.807) is 26.2 Å². The molecule has 0 saturated carbocycles. The van der Waals surface area contributed by atoms with Crippen molar-refractivity contribution in [3.8, 4) is 17.1 Å². The van der Waals surface area contributed by atoms with Crippen LogP contribution >= 0.6 is 0 Å². The highest BCUT2D eigenvalue weighted by molar-refractivity contribution is 5.76. The number of carbonyl (C=O) groups is 1. The van der Waals surface area contributed by atoms with E-state index < -0.39 is 0 Å². The fourth-order valence-corrected chi connectivity index (χ4v) is 4.06. The molecule has 1 aliphatic heterocycles. The number of hydrogen-bond donors (Lipinski definition) is 1. The van der Waals surface area contributed by atoms with E-state index in [0.29, 0.717) is 49.0 Å². The van der Waals surface area contributed by atoms with Crippen LogP contribution in [0.2, 0.25) is 0 Å². The second-order valence-corrected chi connectivity index (χ2v) is 8.37. The number of aryl methyl sites for hydroxylation is 2. The number of amides is 1. The summed E-state index contributed by atoms with van der Waals surface area (Å²) in [5.74, 6) is 1.05. The van der Waals surface area contributed by atoms with Crippen LogP contribution in [0.4, 0.5) is 4.39 Å². The second kappa shape index (κ2) is 10.1. The van der Waals surface area contributed by atoms with E-state index in [4.69, 9.17) is 14.0 Å². The van der Waals surface area contributed by atoms with Crippen molar-refractivity contribution in [3.63, 3.8) is 0 Å². The molecule has 0 radical (unpaired) electrons. The molecular formula is C25H28FN3O4. The first-order chi connectivity index (χ1) is 16.0. The Morgan fingerprint density at radius 1 is 1.18 bits per heavy atom. The van der Waals surface area contributed by atoms with Gasteiger partial charge in [0.05, 0.1) is 7.11 Å². The third-order valence-electron chi connectivity index (χ3n) is 6.24. The second-order valence-electron chi connectivity index (χ2n) is 8.37. The van der Waals surface area contributed by atoms with Gasteiger partial charge in [0.15, 0.2) is 0 Å². The van der Waals surface area contributed by atoms with E-state index in [0.717, 1.165) is 18.6 Å². The molecule has 0 bridgehead atoms. The molecule has 0 unspecified atom stereocenters. The molecule has 2 heterocycles. The van der Waals surface area contributed by atoms with Gasteiger partial charge >= 0.3 is 0 Å². The normalized spacial score (nSPS) is 15.2. The number of ether oxygens (including phenoxy) is 2. The summed E-state index contributed by atoms with van der Waals surface area (Å²) in [4.78, 5) is 16.9. The van der Waals surface area contributed by atoms with Gasteiger partial charge in [-0.2, -0.15) is 4.98 Å². The van der Waals surface area contributed by atoms with Crippen LogP contribution in [0.1, 0.15) is 36.3 Å². The number of carbonyl (C=O) groups excluding carboxylic acids is 1. The minimum absolute atomic E-state index is 0.0875. The fourth-order valence-electron chi connectivity index (χ4n) is 4.06. The van der Waals surface area contributed by atoms with Gasteiger partial charge in [-0.15, -0.1) is 0 Å². The van der Waals surface area contributed by atoms with Crippen molar-refractivity contribution in [2.24, 2.45) is 0 Å². The van der Waals surface area contributed by atoms with Gasteiger partial charge in [-0.25, -0.2) is 4.39 Å². The van der Waals surface area contributed by atoms with Crippen LogP contribution in [-0.4, -0.2) is 42.9 Å². The first-order valence-electron chi connectivity index (χ1n) is 11.1. The van der Waals surface area contributed by atoms with Gasteiger partial charge in [-0.1, -0.05) is 29.4 Å². The van der Waals surface area contributed by atoms with E-state index in [2.05, 4.69) is 27.6 Å². The molecule has 8 heteroatoms. The number of halogens is 1. The Hall–Kier alpha value is -3.26. The van der Waals surface area contributed by atoms with Crippen molar-refractivity contribution < 1.29 is 23.2 Å². The maximum Gasteiger partial charge on any atom is 0.227 e. The summed E-state index contributed by atoms with van der Waals surface area (Å²) in [6.07, 6.45) is 2.20. The summed E-state index contributed by atoms with van der Waals surface area (Å²) in [7, 11) is 1.64. The molecule has 1 N–H and O–H groups in total. The maximum atomic E-state index is 13.8. The number of nitrogens with zero attached hydrogens (tertiary/aromatic N) is 2. The lowest BCUT2D eigenvalue weighted by molar-refractivity contribution is -0.121. The van der Waals surface area contributed by atoms with Crippen molar-refractivity contribution >= 4 is 5.91 Å². The number of rotatable bonds is 8. The molecule has 1 saturated heterocycles. The lowest BCUT2D eigenvalue weighted by atomic mass is 9.74. The zero-order valence-corrected chi connectivity index (χ0v) is 18.9. The Morgan fingerprint density at radius 3 is 2.64 bits per heavy atom. The van der Waals surface area contributed by atoms with Crippen LogP contribution in [0.15, 0.2) is 47.0 Å². The third-order valence-corrected chi connectivity index (χ3v) is 6.24. The van der Waals surface area contributed by atoms with Crippen molar-refractivity contribution in [2.75, 3.05) is 26.9 Å². The quantitative estimate of drug-likeness (QED) is 0.555. The molecule has 0 atom stereocenters. The molecule has 1 aliphatic rings. The van der Waals surface area contributed by atoms with Crippen LogP contribution in [0.5, 0.6) is 5.75 Å². The molecule has 3 aromatic rings. The van der Waals surface area contributed by atoms with Crippen LogP contribution in [0.3, 0.4) is 0 Å². The summed E-state index contributed by atoms with van der Waals surface area (Å²) < 4.78 is 29.9. The summed E-state index contributed by atoms with van der Waals surface area (Å²) in [6.45, 7) is 3.54. The van der Waals surface area contributed by atoms with Crippen LogP contribution in [0.25, 0.3) is 11.4 Å². The van der Waals surface area contributed by atoms with E-state index in [-0.39, 0.29) is 23.6 Å². The Bertz CT molecular complexity index is 1090. The zero-order chi connectivity index (χ0) is 23.3. The standard InChI is InChI=1S/C25H28FN3O4/c1-17-3-4-18(15-21(17)26)24-28-23(33-29-24)10-9-22(30)27-16-25(11-13-32-14-12-25)19-5-7-20(31-2)8-6-19/h3-8,15H,9-14,16H2,1-2H3,(H,27,30). The predicted molar refractivity (Wildman–Crippen MR) is 120 cm³/mol. The Labute approximate surface area is 192 Å². The Kier molecular flexibility index (Phi) is 7.03. The number of aromatic nitrogens is 2. The van der Waals surface area contributed by atoms with Crippen molar-refractivity contribution in [1.82, 2.24) is 15.5 Å². The highest BCUT2D eigenvalue weighted by Crippen LogP contribution is 2.35. The number of benzene rings is 2. The maximum absolute atomic E-state index is 13.8. The first-order valence-corrected chi connectivity index (χ1v) is 11.1. The monoisotopic (exact) mass is 453 g/mol. The number of hydrogen-bond acceptors (Lipinski definition) is 6. The highest BCUT2D eigenvalue weighted by Gasteiger charge is 2.34. The summed E-state index contributed by atoms with van der Waals surface area (Å²) in [5.41, 5.74) is 2.08. The summed E-state index contributed by atoms with van der Waals surface area (Å²) in [5, 5.41) is 6.99. The van der Waals surface area contributed by atoms with E-state index in [1.807, 2.05) is 12.1 Å². The molecule has 2 aromatic carbocycles. The fraction of sp³-hybridized carbons (Fsp3) is 0.400. The van der Waals surface area contributed by atoms with Crippen molar-refractivity contribution in [3.05, 3.63) is 65.3 Å². The summed E-state index contributed by atoms with van der Waals surface area (Å²) >= 11 is 0. The topological polar surface area (TPSA) is 86.5 Å². The number of nitrogens with one attached hydrogen (secondary N) is 1. The van der Waals surface area contributed by atoms with Crippen molar-refractivity contribution in [1.29, 1.82) is 0 Å². The van der Waals surface area contributed by atoms with Gasteiger partial charge < -0.3 is 19.3 Å². The highest BCUT2D eigenvalue weighted by atomic mass is 19.1. The molecule has 7 nitrogen and oxygen atoms in total. The average molecular weight is 454 g/mol. The van der Waals surface area contributed by atoms with E-state index in [1.165, 1.54) is 11.6 Å². The van der Waals surface area contributed by atoms with Gasteiger partial charge in [0.25, 0.3) is 0 Å². The van der Waals surface area contributed by atoms with Gasteiger partial charge in [0, 0.05) is 43.6 Å². The van der Waals surface area contributed by atoms with Crippen molar-refractivity contribution in [2.45, 2.75) is 38.0 Å². The minimum atomic E-state index is -0.322. The lowest BCUT2D eigenvalue weighted by Gasteiger charge is -2.38. The number of methoxy groups -OCH3 is 1. The SMILES string of the molecule is COc1ccc(C2(CNC(=O)CCc3nc(-c4ccc(C)c(F)c4)no3)CCOCC2)cc1. The van der Waals surface area contributed by atoms with Gasteiger partial charge in [-0.3, -0.25) is 4.79 Å². The zero-order valence-electron chi connectivity index (χ0n) is 18.9. The molecule has 1 fully saturated rings. The van der Waals surface area contributed by atoms with E-state index >= 15 is 0 Å². The van der Waals surface area contributed by atoms with Crippen LogP contribution < -0.4 is 10.1 Å². The first kappa shape index (κ1) is 22.9. The smallest absolute Gasteiger partial charge is 0.227 e. The largest absolute Gasteiger partial charge is 0.497 e. The molecule has 1 aromatic heterocycles. The molecule has 0 aliphatic carbocycles. The Morgan fingerprint density at radius 2 is 1.94 bits per heavy atom. The molecule has 0 spiro atoms. The predicted octanol–water partition coefficient (Wildman–Crippen LogP) is 3.99. The molecule has 33 heavy (non-hydrogen) atoms. The lowest BCUT2D eigenvalue weighted by Crippen LogP contribution is -2.44. The summed E-state index contributed by atoms with van der Waals surface area (Å²) in [6, 6.07) is 12.8. The Balaban J connectivity index is 1.35. The molecular weight excluding hydrogens is 425 g/mol. The third kappa shape index (κ3) is 5.39. The molecule has 4 rings (SSSR count). The molecule has 174 valence electrons. The van der Waals surface area contributed by atoms with E-state index in [9.17, 15) is 9.18 Å².